The Balaban J connectivity index is 1.46. The molecule has 6 rings (SSSR count). The average molecular weight is 539 g/mol. The van der Waals surface area contributed by atoms with Crippen LogP contribution in [-0.2, 0) is 4.84 Å². The quantitative estimate of drug-likeness (QED) is 0.314. The van der Waals surface area contributed by atoms with Gasteiger partial charge in [-0.3, -0.25) is 0 Å². The van der Waals surface area contributed by atoms with Crippen molar-refractivity contribution in [2.75, 3.05) is 14.2 Å². The molecule has 1 aliphatic rings. The molecule has 0 saturated carbocycles. The van der Waals surface area contributed by atoms with Gasteiger partial charge in [-0.25, -0.2) is 9.50 Å². The average Bonchev–Trinajstić information content (AvgIpc) is 3.58. The fraction of sp³-hybridized carbons (Fsp3) is 0.207. The molecule has 1 aliphatic heterocycles. The molecule has 1 unspecified atom stereocenters. The summed E-state index contributed by atoms with van der Waals surface area (Å²) in [5.41, 5.74) is 6.34. The Kier molecular flexibility index (Phi) is 6.18. The van der Waals surface area contributed by atoms with Gasteiger partial charge in [0.25, 0.3) is 0 Å². The van der Waals surface area contributed by atoms with E-state index in [9.17, 15) is 10.2 Å². The maximum Gasteiger partial charge on any atom is 0.187 e. The van der Waals surface area contributed by atoms with Crippen LogP contribution in [0.2, 0.25) is 0 Å². The van der Waals surface area contributed by atoms with Gasteiger partial charge in [-0.2, -0.15) is 0 Å². The number of hydrogen-bond donors (Lipinski definition) is 2. The summed E-state index contributed by atoms with van der Waals surface area (Å²) in [5.74, 6) is 0.814. The van der Waals surface area contributed by atoms with Gasteiger partial charge in [-0.1, -0.05) is 23.4 Å². The van der Waals surface area contributed by atoms with Crippen LogP contribution in [0, 0.1) is 13.8 Å². The van der Waals surface area contributed by atoms with Gasteiger partial charge >= 0.3 is 0 Å². The van der Waals surface area contributed by atoms with Gasteiger partial charge in [-0.15, -0.1) is 15.3 Å². The topological polar surface area (TPSA) is 136 Å². The van der Waals surface area contributed by atoms with Gasteiger partial charge in [0.1, 0.15) is 11.4 Å². The standard InChI is InChI=1S/C29H26N6O5/c1-15-11-16(2)30-28-26(15)29-32-31-27(19-14-23(40-34-19)18-7-10-22(37)25(13-18)39-4)20(35(29)33-28)8-5-17-6-9-21(36)24(12-17)38-3/h5-13,23,36-37H,14H2,1-4H3/b8-5+. The molecule has 40 heavy (non-hydrogen) atoms. The van der Waals surface area contributed by atoms with Crippen molar-refractivity contribution in [3.63, 3.8) is 0 Å². The normalized spacial score (nSPS) is 15.1. The number of phenolic OH excluding ortho intramolecular Hbond substituents is 2. The van der Waals surface area contributed by atoms with Crippen molar-refractivity contribution in [1.29, 1.82) is 0 Å². The van der Waals surface area contributed by atoms with Crippen LogP contribution < -0.4 is 9.47 Å². The highest BCUT2D eigenvalue weighted by atomic mass is 16.6. The van der Waals surface area contributed by atoms with Crippen LogP contribution in [0.4, 0.5) is 0 Å². The second-order valence-corrected chi connectivity index (χ2v) is 9.48. The summed E-state index contributed by atoms with van der Waals surface area (Å²) in [6, 6.07) is 12.1. The molecule has 0 fully saturated rings. The van der Waals surface area contributed by atoms with Crippen LogP contribution in [-0.4, -0.2) is 54.9 Å². The largest absolute Gasteiger partial charge is 0.504 e. The number of oxime groups is 1. The molecule has 11 nitrogen and oxygen atoms in total. The zero-order chi connectivity index (χ0) is 28.0. The summed E-state index contributed by atoms with van der Waals surface area (Å²) in [7, 11) is 3.00. The highest BCUT2D eigenvalue weighted by Crippen LogP contribution is 2.36. The molecule has 2 aromatic carbocycles. The second-order valence-electron chi connectivity index (χ2n) is 9.48. The first kappa shape index (κ1) is 25.1. The summed E-state index contributed by atoms with van der Waals surface area (Å²) < 4.78 is 12.2. The molecular weight excluding hydrogens is 512 g/mol. The van der Waals surface area contributed by atoms with Crippen molar-refractivity contribution in [1.82, 2.24) is 24.8 Å². The Labute approximate surface area is 229 Å². The van der Waals surface area contributed by atoms with Crippen LogP contribution in [0.3, 0.4) is 0 Å². The van der Waals surface area contributed by atoms with Crippen LogP contribution in [0.5, 0.6) is 23.0 Å². The monoisotopic (exact) mass is 538 g/mol. The molecule has 0 amide bonds. The van der Waals surface area contributed by atoms with E-state index < -0.39 is 6.10 Å². The molecule has 3 aromatic heterocycles. The van der Waals surface area contributed by atoms with E-state index in [1.54, 1.807) is 40.9 Å². The Hall–Kier alpha value is -5.19. The third-order valence-electron chi connectivity index (χ3n) is 6.82. The number of nitrogens with zero attached hydrogens (tertiary/aromatic N) is 6. The first-order chi connectivity index (χ1) is 19.4. The number of methoxy groups -OCH3 is 2. The molecule has 11 heteroatoms. The molecule has 0 bridgehead atoms. The molecule has 202 valence electrons. The van der Waals surface area contributed by atoms with Crippen LogP contribution in [0.15, 0.2) is 47.6 Å². The minimum absolute atomic E-state index is 0.0462. The Morgan fingerprint density at radius 2 is 1.70 bits per heavy atom. The highest BCUT2D eigenvalue weighted by Gasteiger charge is 2.29. The van der Waals surface area contributed by atoms with E-state index in [1.807, 2.05) is 32.1 Å². The summed E-state index contributed by atoms with van der Waals surface area (Å²) >= 11 is 0. The molecule has 5 aromatic rings. The van der Waals surface area contributed by atoms with Gasteiger partial charge < -0.3 is 24.5 Å². The lowest BCUT2D eigenvalue weighted by molar-refractivity contribution is 0.0855. The third kappa shape index (κ3) is 4.31. The fourth-order valence-electron chi connectivity index (χ4n) is 4.84. The number of aromatic hydroxyl groups is 2. The van der Waals surface area contributed by atoms with Crippen LogP contribution in [0.25, 0.3) is 28.8 Å². The smallest absolute Gasteiger partial charge is 0.187 e. The maximum absolute atomic E-state index is 10.0. The number of phenols is 2. The van der Waals surface area contributed by atoms with E-state index in [1.165, 1.54) is 14.2 Å². The number of hydrogen-bond acceptors (Lipinski definition) is 10. The van der Waals surface area contributed by atoms with Crippen LogP contribution in [0.1, 0.15) is 46.3 Å². The van der Waals surface area contributed by atoms with Crippen molar-refractivity contribution in [3.8, 4) is 23.0 Å². The van der Waals surface area contributed by atoms with E-state index in [2.05, 4.69) is 20.3 Å². The number of aryl methyl sites for hydroxylation is 2. The number of rotatable bonds is 6. The van der Waals surface area contributed by atoms with E-state index in [0.29, 0.717) is 46.3 Å². The third-order valence-corrected chi connectivity index (χ3v) is 6.82. The summed E-state index contributed by atoms with van der Waals surface area (Å²) in [6.45, 7) is 3.92. The number of ether oxygens (including phenoxy) is 2. The number of fused-ring (bicyclic) bond motifs is 3. The summed E-state index contributed by atoms with van der Waals surface area (Å²) in [5, 5.41) is 39.1. The van der Waals surface area contributed by atoms with Gasteiger partial charge in [0.05, 0.1) is 25.3 Å². The lowest BCUT2D eigenvalue weighted by Crippen LogP contribution is -2.12. The first-order valence-corrected chi connectivity index (χ1v) is 12.5. The number of pyridine rings is 1. The van der Waals surface area contributed by atoms with Gasteiger partial charge in [-0.05, 0) is 66.9 Å². The number of aromatic nitrogens is 5. The van der Waals surface area contributed by atoms with Crippen molar-refractivity contribution >= 4 is 34.5 Å². The summed E-state index contributed by atoms with van der Waals surface area (Å²) in [4.78, 5) is 10.4. The zero-order valence-corrected chi connectivity index (χ0v) is 22.3. The molecule has 0 aliphatic carbocycles. The van der Waals surface area contributed by atoms with Crippen molar-refractivity contribution in [2.24, 2.45) is 5.16 Å². The zero-order valence-electron chi connectivity index (χ0n) is 22.3. The second kappa shape index (κ2) is 9.84. The SMILES string of the molecule is COc1cc(/C=C/c2c(C3=NOC(c4ccc(O)c(OC)c4)C3)nnc3c4c(C)cc(C)nc4nn23)ccc1O. The predicted octanol–water partition coefficient (Wildman–Crippen LogP) is 4.75. The molecule has 0 spiro atoms. The van der Waals surface area contributed by atoms with Crippen LogP contribution >= 0.6 is 0 Å². The van der Waals surface area contributed by atoms with Crippen molar-refractivity contribution < 1.29 is 24.5 Å². The van der Waals surface area contributed by atoms with E-state index >= 15 is 0 Å². The van der Waals surface area contributed by atoms with Gasteiger partial charge in [0.15, 0.2) is 40.4 Å². The predicted molar refractivity (Wildman–Crippen MR) is 149 cm³/mol. The maximum atomic E-state index is 10.0. The Morgan fingerprint density at radius 1 is 0.950 bits per heavy atom. The number of benzene rings is 2. The van der Waals surface area contributed by atoms with Gasteiger partial charge in [0, 0.05) is 12.1 Å². The molecule has 1 atom stereocenters. The molecule has 0 radical (unpaired) electrons. The van der Waals surface area contributed by atoms with E-state index in [4.69, 9.17) is 19.4 Å². The fourth-order valence-corrected chi connectivity index (χ4v) is 4.84. The lowest BCUT2D eigenvalue weighted by Gasteiger charge is -2.11. The molecule has 2 N–H and O–H groups in total. The molecule has 4 heterocycles. The van der Waals surface area contributed by atoms with E-state index in [-0.39, 0.29) is 11.5 Å². The van der Waals surface area contributed by atoms with Crippen molar-refractivity contribution in [2.45, 2.75) is 26.4 Å². The first-order valence-electron chi connectivity index (χ1n) is 12.5. The Bertz CT molecular complexity index is 1840. The van der Waals surface area contributed by atoms with Gasteiger partial charge in [0.2, 0.25) is 0 Å². The van der Waals surface area contributed by atoms with E-state index in [0.717, 1.165) is 27.8 Å². The Morgan fingerprint density at radius 3 is 2.48 bits per heavy atom. The lowest BCUT2D eigenvalue weighted by atomic mass is 10.0. The molecular formula is C29H26N6O5. The van der Waals surface area contributed by atoms with Crippen molar-refractivity contribution in [3.05, 3.63) is 76.2 Å². The highest BCUT2D eigenvalue weighted by molar-refractivity contribution is 6.03. The molecule has 0 saturated heterocycles. The minimum Gasteiger partial charge on any atom is -0.504 e. The summed E-state index contributed by atoms with van der Waals surface area (Å²) in [6.07, 6.45) is 3.76. The minimum atomic E-state index is -0.400.